The van der Waals surface area contributed by atoms with E-state index in [1.165, 1.54) is 22.5 Å². The first kappa shape index (κ1) is 15.0. The summed E-state index contributed by atoms with van der Waals surface area (Å²) in [5, 5.41) is 4.97. The van der Waals surface area contributed by atoms with Gasteiger partial charge in [0.25, 0.3) is 0 Å². The minimum atomic E-state index is -0.0355. The van der Waals surface area contributed by atoms with E-state index in [0.717, 1.165) is 24.1 Å². The van der Waals surface area contributed by atoms with Gasteiger partial charge in [0, 0.05) is 12.8 Å². The topological polar surface area (TPSA) is 46.2 Å². The van der Waals surface area contributed by atoms with E-state index in [1.807, 2.05) is 29.6 Å². The van der Waals surface area contributed by atoms with Crippen molar-refractivity contribution in [2.45, 2.75) is 38.1 Å². The van der Waals surface area contributed by atoms with Crippen LogP contribution in [-0.4, -0.2) is 11.7 Å². The summed E-state index contributed by atoms with van der Waals surface area (Å²) in [7, 11) is 0. The Morgan fingerprint density at radius 1 is 1.14 bits per heavy atom. The quantitative estimate of drug-likeness (QED) is 0.851. The molecule has 1 aliphatic rings. The molecule has 3 nitrogen and oxygen atoms in total. The molecule has 4 heteroatoms. The van der Waals surface area contributed by atoms with Crippen molar-refractivity contribution in [2.75, 3.05) is 0 Å². The van der Waals surface area contributed by atoms with Crippen LogP contribution in [0.25, 0.3) is 0 Å². The molecule has 0 fully saturated rings. The van der Waals surface area contributed by atoms with Crippen LogP contribution < -0.4 is 5.32 Å². The maximum atomic E-state index is 12.1. The van der Waals surface area contributed by atoms with Crippen molar-refractivity contribution in [3.63, 3.8) is 0 Å². The third kappa shape index (κ3) is 3.45. The maximum Gasteiger partial charge on any atom is 0.220 e. The number of hydrogen-bond donors (Lipinski definition) is 1. The summed E-state index contributed by atoms with van der Waals surface area (Å²) in [4.78, 5) is 24.8. The van der Waals surface area contributed by atoms with E-state index in [0.29, 0.717) is 0 Å². The number of rotatable bonds is 5. The molecule has 1 aromatic heterocycles. The first-order valence-corrected chi connectivity index (χ1v) is 8.56. The van der Waals surface area contributed by atoms with Crippen LogP contribution in [0.5, 0.6) is 0 Å². The highest BCUT2D eigenvalue weighted by atomic mass is 32.1. The Morgan fingerprint density at radius 2 is 2.00 bits per heavy atom. The lowest BCUT2D eigenvalue weighted by Crippen LogP contribution is -2.31. The van der Waals surface area contributed by atoms with Gasteiger partial charge >= 0.3 is 0 Å². The number of Topliss-reactive ketones (excluding diaryl/α,β-unsaturated/α-hetero) is 1. The lowest BCUT2D eigenvalue weighted by Gasteiger charge is -2.26. The van der Waals surface area contributed by atoms with Crippen LogP contribution >= 0.6 is 11.3 Å². The van der Waals surface area contributed by atoms with Crippen molar-refractivity contribution in [3.8, 4) is 0 Å². The molecular weight excluding hydrogens is 294 g/mol. The molecule has 3 rings (SSSR count). The van der Waals surface area contributed by atoms with Gasteiger partial charge in [-0.3, -0.25) is 9.59 Å². The first-order chi connectivity index (χ1) is 10.7. The summed E-state index contributed by atoms with van der Waals surface area (Å²) in [6.07, 6.45) is 3.69. The van der Waals surface area contributed by atoms with E-state index >= 15 is 0 Å². The van der Waals surface area contributed by atoms with E-state index in [9.17, 15) is 9.59 Å². The molecule has 1 atom stereocenters. The summed E-state index contributed by atoms with van der Waals surface area (Å²) in [5.74, 6) is 0.0146. The third-order valence-corrected chi connectivity index (χ3v) is 4.99. The van der Waals surface area contributed by atoms with Gasteiger partial charge < -0.3 is 5.32 Å². The monoisotopic (exact) mass is 313 g/mol. The standard InChI is InChI=1S/C18H19NO2S/c20-16(17-9-4-12-22-17)10-11-18(21)19-15-8-3-6-13-5-1-2-7-14(13)15/h1-2,4-5,7,9,12,15H,3,6,8,10-11H2,(H,19,21)/t15-/m0/s1. The van der Waals surface area contributed by atoms with Gasteiger partial charge in [-0.15, -0.1) is 11.3 Å². The molecule has 114 valence electrons. The fourth-order valence-electron chi connectivity index (χ4n) is 2.96. The lowest BCUT2D eigenvalue weighted by molar-refractivity contribution is -0.121. The largest absolute Gasteiger partial charge is 0.349 e. The molecule has 0 spiro atoms. The zero-order chi connectivity index (χ0) is 15.4. The number of amides is 1. The molecule has 1 aromatic carbocycles. The summed E-state index contributed by atoms with van der Waals surface area (Å²) in [6, 6.07) is 12.0. The second-order valence-electron chi connectivity index (χ2n) is 5.61. The summed E-state index contributed by atoms with van der Waals surface area (Å²) >= 11 is 1.43. The fourth-order valence-corrected chi connectivity index (χ4v) is 3.65. The van der Waals surface area contributed by atoms with Gasteiger partial charge in [-0.2, -0.15) is 0 Å². The highest BCUT2D eigenvalue weighted by molar-refractivity contribution is 7.12. The lowest BCUT2D eigenvalue weighted by atomic mass is 9.87. The smallest absolute Gasteiger partial charge is 0.220 e. The number of fused-ring (bicyclic) bond motifs is 1. The predicted molar refractivity (Wildman–Crippen MR) is 88.1 cm³/mol. The number of carbonyl (C=O) groups is 2. The van der Waals surface area contributed by atoms with E-state index in [2.05, 4.69) is 17.4 Å². The Morgan fingerprint density at radius 3 is 2.82 bits per heavy atom. The fraction of sp³-hybridized carbons (Fsp3) is 0.333. The van der Waals surface area contributed by atoms with Gasteiger partial charge in [-0.1, -0.05) is 30.3 Å². The van der Waals surface area contributed by atoms with E-state index < -0.39 is 0 Å². The van der Waals surface area contributed by atoms with E-state index in [4.69, 9.17) is 0 Å². The van der Waals surface area contributed by atoms with E-state index in [-0.39, 0.29) is 30.6 Å². The predicted octanol–water partition coefficient (Wildman–Crippen LogP) is 3.90. The van der Waals surface area contributed by atoms with Crippen LogP contribution in [0.1, 0.15) is 52.5 Å². The van der Waals surface area contributed by atoms with Crippen LogP contribution in [0.4, 0.5) is 0 Å². The molecule has 1 amide bonds. The van der Waals surface area contributed by atoms with Gasteiger partial charge in [0.15, 0.2) is 5.78 Å². The van der Waals surface area contributed by atoms with Crippen LogP contribution in [-0.2, 0) is 11.2 Å². The highest BCUT2D eigenvalue weighted by Crippen LogP contribution is 2.29. The number of nitrogens with one attached hydrogen (secondary N) is 1. The third-order valence-electron chi connectivity index (χ3n) is 4.08. The molecule has 0 saturated heterocycles. The second kappa shape index (κ2) is 6.88. The van der Waals surface area contributed by atoms with Crippen LogP contribution in [0.15, 0.2) is 41.8 Å². The summed E-state index contributed by atoms with van der Waals surface area (Å²) < 4.78 is 0. The average molecular weight is 313 g/mol. The second-order valence-corrected chi connectivity index (χ2v) is 6.56. The van der Waals surface area contributed by atoms with E-state index in [1.54, 1.807) is 0 Å². The van der Waals surface area contributed by atoms with Gasteiger partial charge in [-0.05, 0) is 41.8 Å². The Hall–Kier alpha value is -1.94. The Bertz CT molecular complexity index is 663. The maximum absolute atomic E-state index is 12.1. The first-order valence-electron chi connectivity index (χ1n) is 7.68. The number of benzene rings is 1. The molecular formula is C18H19NO2S. The molecule has 1 aliphatic carbocycles. The molecule has 1 heterocycles. The van der Waals surface area contributed by atoms with Gasteiger partial charge in [0.2, 0.25) is 5.91 Å². The molecule has 0 saturated carbocycles. The number of aryl methyl sites for hydroxylation is 1. The molecule has 0 radical (unpaired) electrons. The normalized spacial score (nSPS) is 16.8. The van der Waals surface area contributed by atoms with Gasteiger partial charge in [0.05, 0.1) is 10.9 Å². The average Bonchev–Trinajstić information content (AvgIpc) is 3.07. The van der Waals surface area contributed by atoms with Crippen molar-refractivity contribution in [2.24, 2.45) is 0 Å². The highest BCUT2D eigenvalue weighted by Gasteiger charge is 2.21. The van der Waals surface area contributed by atoms with Crippen LogP contribution in [0.2, 0.25) is 0 Å². The molecule has 1 N–H and O–H groups in total. The van der Waals surface area contributed by atoms with Gasteiger partial charge in [0.1, 0.15) is 0 Å². The van der Waals surface area contributed by atoms with Crippen molar-refractivity contribution < 1.29 is 9.59 Å². The van der Waals surface area contributed by atoms with Crippen molar-refractivity contribution in [3.05, 3.63) is 57.8 Å². The summed E-state index contributed by atoms with van der Waals surface area (Å²) in [5.41, 5.74) is 2.56. The molecule has 0 bridgehead atoms. The molecule has 0 unspecified atom stereocenters. The number of thiophene rings is 1. The van der Waals surface area contributed by atoms with Crippen molar-refractivity contribution in [1.29, 1.82) is 0 Å². The van der Waals surface area contributed by atoms with Gasteiger partial charge in [-0.25, -0.2) is 0 Å². The molecule has 2 aromatic rings. The number of hydrogen-bond acceptors (Lipinski definition) is 3. The zero-order valence-corrected chi connectivity index (χ0v) is 13.2. The molecule has 0 aliphatic heterocycles. The van der Waals surface area contributed by atoms with Crippen LogP contribution in [0.3, 0.4) is 0 Å². The zero-order valence-electron chi connectivity index (χ0n) is 12.4. The van der Waals surface area contributed by atoms with Crippen LogP contribution in [0, 0.1) is 0 Å². The Labute approximate surface area is 134 Å². The number of carbonyl (C=O) groups excluding carboxylic acids is 2. The molecule has 22 heavy (non-hydrogen) atoms. The SMILES string of the molecule is O=C(CCC(=O)c1cccs1)N[C@H]1CCCc2ccccc21. The Kier molecular flexibility index (Phi) is 4.68. The van der Waals surface area contributed by atoms with Crippen molar-refractivity contribution in [1.82, 2.24) is 5.32 Å². The Balaban J connectivity index is 1.55. The number of ketones is 1. The minimum absolute atomic E-state index is 0.0355. The minimum Gasteiger partial charge on any atom is -0.349 e. The van der Waals surface area contributed by atoms with Crippen molar-refractivity contribution >= 4 is 23.0 Å². The summed E-state index contributed by atoms with van der Waals surface area (Å²) in [6.45, 7) is 0.